The molecule has 1 aliphatic rings. The predicted molar refractivity (Wildman–Crippen MR) is 58.8 cm³/mol. The Morgan fingerprint density at radius 3 is 2.69 bits per heavy atom. The molecule has 0 bridgehead atoms. The molecule has 1 fully saturated rings. The van der Waals surface area contributed by atoms with Gasteiger partial charge in [0.1, 0.15) is 0 Å². The van der Waals surface area contributed by atoms with Gasteiger partial charge in [0.05, 0.1) is 0 Å². The molecule has 3 heteroatoms. The Bertz CT molecular complexity index is 308. The molecule has 0 atom stereocenters. The number of nitrogens with two attached hydrogens (primary N) is 1. The molecule has 13 heavy (non-hydrogen) atoms. The zero-order valence-electron chi connectivity index (χ0n) is 7.39. The van der Waals surface area contributed by atoms with E-state index in [-0.39, 0.29) is 5.54 Å². The van der Waals surface area contributed by atoms with Crippen molar-refractivity contribution in [3.05, 3.63) is 28.7 Å². The van der Waals surface area contributed by atoms with Crippen LogP contribution in [0.1, 0.15) is 12.8 Å². The van der Waals surface area contributed by atoms with Crippen molar-refractivity contribution in [1.82, 2.24) is 0 Å². The van der Waals surface area contributed by atoms with Gasteiger partial charge in [0.2, 0.25) is 0 Å². The molecule has 2 nitrogen and oxygen atoms in total. The van der Waals surface area contributed by atoms with Gasteiger partial charge in [-0.3, -0.25) is 0 Å². The first-order chi connectivity index (χ1) is 6.20. The quantitative estimate of drug-likeness (QED) is 0.852. The molecule has 0 aliphatic heterocycles. The van der Waals surface area contributed by atoms with Crippen molar-refractivity contribution in [3.8, 4) is 0 Å². The summed E-state index contributed by atoms with van der Waals surface area (Å²) in [6.07, 6.45) is 2.29. The number of hydrogen-bond acceptors (Lipinski definition) is 2. The van der Waals surface area contributed by atoms with Crippen molar-refractivity contribution >= 4 is 21.6 Å². The lowest BCUT2D eigenvalue weighted by atomic mass is 10.2. The van der Waals surface area contributed by atoms with Crippen LogP contribution in [0, 0.1) is 0 Å². The van der Waals surface area contributed by atoms with Gasteiger partial charge in [0.15, 0.2) is 0 Å². The van der Waals surface area contributed by atoms with Crippen LogP contribution in [0.3, 0.4) is 0 Å². The van der Waals surface area contributed by atoms with Crippen molar-refractivity contribution in [3.63, 3.8) is 0 Å². The third kappa shape index (κ3) is 2.23. The number of rotatable bonds is 3. The molecule has 0 unspecified atom stereocenters. The molecule has 1 aromatic rings. The highest BCUT2D eigenvalue weighted by Gasteiger charge is 2.37. The van der Waals surface area contributed by atoms with Gasteiger partial charge < -0.3 is 11.1 Å². The van der Waals surface area contributed by atoms with Gasteiger partial charge in [0.25, 0.3) is 0 Å². The van der Waals surface area contributed by atoms with E-state index in [1.54, 1.807) is 0 Å². The highest BCUT2D eigenvalue weighted by molar-refractivity contribution is 9.10. The van der Waals surface area contributed by atoms with Crippen molar-refractivity contribution < 1.29 is 0 Å². The van der Waals surface area contributed by atoms with Crippen LogP contribution >= 0.6 is 15.9 Å². The lowest BCUT2D eigenvalue weighted by Crippen LogP contribution is -2.31. The number of hydrogen-bond donors (Lipinski definition) is 2. The normalized spacial score (nSPS) is 18.3. The Kier molecular flexibility index (Phi) is 2.30. The van der Waals surface area contributed by atoms with E-state index in [1.165, 1.54) is 0 Å². The summed E-state index contributed by atoms with van der Waals surface area (Å²) >= 11 is 3.48. The molecule has 0 amide bonds. The van der Waals surface area contributed by atoms with Gasteiger partial charge >= 0.3 is 0 Å². The smallest absolute Gasteiger partial charge is 0.0485 e. The van der Waals surface area contributed by atoms with Crippen LogP contribution in [0.2, 0.25) is 0 Å². The van der Waals surface area contributed by atoms with Gasteiger partial charge in [-0.25, -0.2) is 0 Å². The SMILES string of the molecule is NC1(CNc2ccccc2Br)CC1. The minimum Gasteiger partial charge on any atom is -0.382 e. The van der Waals surface area contributed by atoms with Crippen LogP contribution in [-0.2, 0) is 0 Å². The van der Waals surface area contributed by atoms with Crippen molar-refractivity contribution in [2.45, 2.75) is 18.4 Å². The molecule has 1 aromatic carbocycles. The Balaban J connectivity index is 1.97. The Labute approximate surface area is 86.6 Å². The van der Waals surface area contributed by atoms with E-state index in [0.717, 1.165) is 29.5 Å². The number of halogens is 1. The van der Waals surface area contributed by atoms with E-state index in [0.29, 0.717) is 0 Å². The minimum atomic E-state index is 0.0648. The maximum atomic E-state index is 5.97. The van der Waals surface area contributed by atoms with Crippen LogP contribution in [0.15, 0.2) is 28.7 Å². The molecule has 3 N–H and O–H groups in total. The fourth-order valence-electron chi connectivity index (χ4n) is 1.21. The second-order valence-corrected chi connectivity index (χ2v) is 4.55. The van der Waals surface area contributed by atoms with Gasteiger partial charge in [0, 0.05) is 22.2 Å². The lowest BCUT2D eigenvalue weighted by Gasteiger charge is -2.12. The third-order valence-electron chi connectivity index (χ3n) is 2.40. The second-order valence-electron chi connectivity index (χ2n) is 3.70. The summed E-state index contributed by atoms with van der Waals surface area (Å²) in [6.45, 7) is 0.871. The molecule has 0 aromatic heterocycles. The fraction of sp³-hybridized carbons (Fsp3) is 0.400. The van der Waals surface area contributed by atoms with Crippen LogP contribution < -0.4 is 11.1 Å². The van der Waals surface area contributed by atoms with Crippen LogP contribution in [0.25, 0.3) is 0 Å². The first-order valence-electron chi connectivity index (χ1n) is 4.47. The average Bonchev–Trinajstić information content (AvgIpc) is 2.83. The molecule has 70 valence electrons. The highest BCUT2D eigenvalue weighted by atomic mass is 79.9. The summed E-state index contributed by atoms with van der Waals surface area (Å²) in [5.41, 5.74) is 7.16. The molecule has 0 radical (unpaired) electrons. The topological polar surface area (TPSA) is 38.0 Å². The lowest BCUT2D eigenvalue weighted by molar-refractivity contribution is 0.713. The van der Waals surface area contributed by atoms with Gasteiger partial charge in [-0.15, -0.1) is 0 Å². The van der Waals surface area contributed by atoms with Crippen LogP contribution in [-0.4, -0.2) is 12.1 Å². The van der Waals surface area contributed by atoms with Gasteiger partial charge in [-0.1, -0.05) is 12.1 Å². The van der Waals surface area contributed by atoms with Crippen molar-refractivity contribution in [2.75, 3.05) is 11.9 Å². The maximum absolute atomic E-state index is 5.97. The predicted octanol–water partition coefficient (Wildman–Crippen LogP) is 2.35. The first-order valence-corrected chi connectivity index (χ1v) is 5.26. The average molecular weight is 241 g/mol. The standard InChI is InChI=1S/C10H13BrN2/c11-8-3-1-2-4-9(8)13-7-10(12)5-6-10/h1-4,13H,5-7,12H2. The zero-order valence-corrected chi connectivity index (χ0v) is 8.97. The van der Waals surface area contributed by atoms with Crippen molar-refractivity contribution in [1.29, 1.82) is 0 Å². The summed E-state index contributed by atoms with van der Waals surface area (Å²) in [5, 5.41) is 3.34. The summed E-state index contributed by atoms with van der Waals surface area (Å²) in [4.78, 5) is 0. The molecule has 1 aliphatic carbocycles. The van der Waals surface area contributed by atoms with Crippen LogP contribution in [0.4, 0.5) is 5.69 Å². The second kappa shape index (κ2) is 3.31. The number of nitrogens with one attached hydrogen (secondary N) is 1. The van der Waals surface area contributed by atoms with E-state index >= 15 is 0 Å². The summed E-state index contributed by atoms with van der Waals surface area (Å²) < 4.78 is 1.10. The van der Waals surface area contributed by atoms with E-state index in [1.807, 2.05) is 18.2 Å². The molecule has 2 rings (SSSR count). The van der Waals surface area contributed by atoms with E-state index in [4.69, 9.17) is 5.73 Å². The number of anilines is 1. The number of benzene rings is 1. The van der Waals surface area contributed by atoms with Gasteiger partial charge in [-0.2, -0.15) is 0 Å². The molecule has 0 spiro atoms. The van der Waals surface area contributed by atoms with Gasteiger partial charge in [-0.05, 0) is 40.9 Å². The molecular formula is C10H13BrN2. The summed E-state index contributed by atoms with van der Waals surface area (Å²) in [7, 11) is 0. The highest BCUT2D eigenvalue weighted by Crippen LogP contribution is 2.33. The monoisotopic (exact) mass is 240 g/mol. The van der Waals surface area contributed by atoms with Crippen molar-refractivity contribution in [2.24, 2.45) is 5.73 Å². The fourth-order valence-corrected chi connectivity index (χ4v) is 1.64. The van der Waals surface area contributed by atoms with E-state index < -0.39 is 0 Å². The molecular weight excluding hydrogens is 228 g/mol. The Hall–Kier alpha value is -0.540. The van der Waals surface area contributed by atoms with E-state index in [2.05, 4.69) is 27.3 Å². The molecule has 0 heterocycles. The number of para-hydroxylation sites is 1. The molecule has 0 saturated heterocycles. The first kappa shape index (κ1) is 9.03. The summed E-state index contributed by atoms with van der Waals surface area (Å²) in [6, 6.07) is 8.10. The Morgan fingerprint density at radius 1 is 1.38 bits per heavy atom. The largest absolute Gasteiger partial charge is 0.382 e. The molecule has 1 saturated carbocycles. The zero-order chi connectivity index (χ0) is 9.31. The minimum absolute atomic E-state index is 0.0648. The third-order valence-corrected chi connectivity index (χ3v) is 3.09. The summed E-state index contributed by atoms with van der Waals surface area (Å²) in [5.74, 6) is 0. The van der Waals surface area contributed by atoms with E-state index in [9.17, 15) is 0 Å². The van der Waals surface area contributed by atoms with Crippen LogP contribution in [0.5, 0.6) is 0 Å². The maximum Gasteiger partial charge on any atom is 0.0485 e. The Morgan fingerprint density at radius 2 is 2.08 bits per heavy atom.